The predicted octanol–water partition coefficient (Wildman–Crippen LogP) is 1.42. The van der Waals surface area contributed by atoms with Gasteiger partial charge in [-0.2, -0.15) is 0 Å². The first kappa shape index (κ1) is 14.1. The minimum absolute atomic E-state index is 0.108. The first-order valence-electron chi connectivity index (χ1n) is 7.33. The smallest absolute Gasteiger partial charge is 0.246 e. The number of likely N-dealkylation sites (tertiary alicyclic amines) is 1. The van der Waals surface area contributed by atoms with Gasteiger partial charge in [0.05, 0.1) is 19.6 Å². The van der Waals surface area contributed by atoms with Crippen LogP contribution in [-0.4, -0.2) is 36.9 Å². The van der Waals surface area contributed by atoms with Crippen LogP contribution >= 0.6 is 0 Å². The SMILES string of the molecule is COc1ccc2c(c1)C(NC1CC(=O)N(C)C1=O)CCC2. The third kappa shape index (κ3) is 2.53. The summed E-state index contributed by atoms with van der Waals surface area (Å²) < 4.78 is 5.30. The van der Waals surface area contributed by atoms with Gasteiger partial charge >= 0.3 is 0 Å². The van der Waals surface area contributed by atoms with Crippen LogP contribution in [0.25, 0.3) is 0 Å². The van der Waals surface area contributed by atoms with Crippen molar-refractivity contribution in [2.45, 2.75) is 37.8 Å². The van der Waals surface area contributed by atoms with Gasteiger partial charge in [0.2, 0.25) is 11.8 Å². The molecule has 1 saturated heterocycles. The summed E-state index contributed by atoms with van der Waals surface area (Å²) in [7, 11) is 3.20. The monoisotopic (exact) mass is 288 g/mol. The topological polar surface area (TPSA) is 58.6 Å². The Morgan fingerprint density at radius 2 is 2.10 bits per heavy atom. The maximum atomic E-state index is 12.0. The fourth-order valence-electron chi connectivity index (χ4n) is 3.21. The number of carbonyl (C=O) groups is 2. The van der Waals surface area contributed by atoms with Crippen molar-refractivity contribution in [1.82, 2.24) is 10.2 Å². The summed E-state index contributed by atoms with van der Waals surface area (Å²) in [6.45, 7) is 0. The summed E-state index contributed by atoms with van der Waals surface area (Å²) in [6, 6.07) is 5.81. The molecule has 2 unspecified atom stereocenters. The standard InChI is InChI=1S/C16H20N2O3/c1-18-15(19)9-14(16(18)20)17-13-5-3-4-10-6-7-11(21-2)8-12(10)13/h6-8,13-14,17H,3-5,9H2,1-2H3. The second-order valence-corrected chi connectivity index (χ2v) is 5.72. The molecule has 2 aliphatic rings. The summed E-state index contributed by atoms with van der Waals surface area (Å²) >= 11 is 0. The van der Waals surface area contributed by atoms with Crippen LogP contribution in [0, 0.1) is 0 Å². The van der Waals surface area contributed by atoms with Gasteiger partial charge in [-0.15, -0.1) is 0 Å². The molecule has 1 aliphatic carbocycles. The highest BCUT2D eigenvalue weighted by Crippen LogP contribution is 2.33. The van der Waals surface area contributed by atoms with Gasteiger partial charge in [-0.05, 0) is 42.5 Å². The molecule has 1 heterocycles. The van der Waals surface area contributed by atoms with E-state index in [0.29, 0.717) is 0 Å². The van der Waals surface area contributed by atoms with Crippen LogP contribution < -0.4 is 10.1 Å². The molecule has 0 radical (unpaired) electrons. The number of rotatable bonds is 3. The predicted molar refractivity (Wildman–Crippen MR) is 78.0 cm³/mol. The van der Waals surface area contributed by atoms with E-state index in [4.69, 9.17) is 4.74 Å². The highest BCUT2D eigenvalue weighted by molar-refractivity contribution is 6.05. The van der Waals surface area contributed by atoms with Gasteiger partial charge in [-0.1, -0.05) is 6.07 Å². The maximum absolute atomic E-state index is 12.0. The molecule has 5 nitrogen and oxygen atoms in total. The number of aryl methyl sites for hydroxylation is 1. The molecule has 2 amide bonds. The Balaban J connectivity index is 1.82. The van der Waals surface area contributed by atoms with Crippen LogP contribution in [0.15, 0.2) is 18.2 Å². The average Bonchev–Trinajstić information content (AvgIpc) is 2.74. The van der Waals surface area contributed by atoms with E-state index in [1.165, 1.54) is 16.0 Å². The normalized spacial score (nSPS) is 25.1. The molecule has 1 aromatic rings. The third-order valence-electron chi connectivity index (χ3n) is 4.45. The number of imide groups is 1. The van der Waals surface area contributed by atoms with Crippen LogP contribution in [0.2, 0.25) is 0 Å². The Morgan fingerprint density at radius 1 is 1.29 bits per heavy atom. The first-order valence-corrected chi connectivity index (χ1v) is 7.33. The first-order chi connectivity index (χ1) is 10.1. The summed E-state index contributed by atoms with van der Waals surface area (Å²) in [5.74, 6) is 0.586. The van der Waals surface area contributed by atoms with Gasteiger partial charge in [0, 0.05) is 13.1 Å². The molecule has 0 aromatic heterocycles. The minimum Gasteiger partial charge on any atom is -0.497 e. The van der Waals surface area contributed by atoms with Crippen molar-refractivity contribution < 1.29 is 14.3 Å². The van der Waals surface area contributed by atoms with Gasteiger partial charge in [0.1, 0.15) is 5.75 Å². The van der Waals surface area contributed by atoms with Crippen molar-refractivity contribution in [3.63, 3.8) is 0 Å². The molecule has 0 bridgehead atoms. The number of nitrogens with one attached hydrogen (secondary N) is 1. The number of hydrogen-bond donors (Lipinski definition) is 1. The number of fused-ring (bicyclic) bond motifs is 1. The van der Waals surface area contributed by atoms with Crippen LogP contribution in [0.3, 0.4) is 0 Å². The van der Waals surface area contributed by atoms with Crippen LogP contribution in [-0.2, 0) is 16.0 Å². The molecular formula is C16H20N2O3. The number of methoxy groups -OCH3 is 1. The third-order valence-corrected chi connectivity index (χ3v) is 4.45. The molecule has 1 aromatic carbocycles. The Bertz CT molecular complexity index is 585. The lowest BCUT2D eigenvalue weighted by molar-refractivity contribution is -0.137. The quantitative estimate of drug-likeness (QED) is 0.855. The van der Waals surface area contributed by atoms with E-state index in [2.05, 4.69) is 11.4 Å². The highest BCUT2D eigenvalue weighted by Gasteiger charge is 2.37. The summed E-state index contributed by atoms with van der Waals surface area (Å²) in [5.41, 5.74) is 2.49. The summed E-state index contributed by atoms with van der Waals surface area (Å²) in [6.07, 6.45) is 3.36. The van der Waals surface area contributed by atoms with E-state index in [0.717, 1.165) is 25.0 Å². The molecule has 5 heteroatoms. The average molecular weight is 288 g/mol. The van der Waals surface area contributed by atoms with E-state index in [9.17, 15) is 9.59 Å². The van der Waals surface area contributed by atoms with Crippen molar-refractivity contribution in [3.05, 3.63) is 29.3 Å². The van der Waals surface area contributed by atoms with Gasteiger partial charge in [-0.25, -0.2) is 0 Å². The Hall–Kier alpha value is -1.88. The van der Waals surface area contributed by atoms with Crippen LogP contribution in [0.1, 0.15) is 36.4 Å². The van der Waals surface area contributed by atoms with Crippen molar-refractivity contribution in [2.75, 3.05) is 14.2 Å². The minimum atomic E-state index is -0.398. The lowest BCUT2D eigenvalue weighted by Crippen LogP contribution is -2.40. The molecule has 3 rings (SSSR count). The maximum Gasteiger partial charge on any atom is 0.246 e. The van der Waals surface area contributed by atoms with Gasteiger partial charge in [0.15, 0.2) is 0 Å². The Labute approximate surface area is 124 Å². The van der Waals surface area contributed by atoms with Gasteiger partial charge in [0.25, 0.3) is 0 Å². The van der Waals surface area contributed by atoms with Crippen molar-refractivity contribution in [2.24, 2.45) is 0 Å². The summed E-state index contributed by atoms with van der Waals surface area (Å²) in [5, 5.41) is 3.37. The van der Waals surface area contributed by atoms with Crippen molar-refractivity contribution in [1.29, 1.82) is 0 Å². The lowest BCUT2D eigenvalue weighted by Gasteiger charge is -2.28. The Morgan fingerprint density at radius 3 is 2.76 bits per heavy atom. The van der Waals surface area contributed by atoms with Crippen molar-refractivity contribution >= 4 is 11.8 Å². The molecule has 0 saturated carbocycles. The zero-order chi connectivity index (χ0) is 15.0. The Kier molecular flexibility index (Phi) is 3.68. The van der Waals surface area contributed by atoms with E-state index >= 15 is 0 Å². The van der Waals surface area contributed by atoms with Gasteiger partial charge in [-0.3, -0.25) is 19.8 Å². The fraction of sp³-hybridized carbons (Fsp3) is 0.500. The largest absolute Gasteiger partial charge is 0.497 e. The zero-order valence-electron chi connectivity index (χ0n) is 12.4. The number of ether oxygens (including phenoxy) is 1. The number of likely N-dealkylation sites (N-methyl/N-ethyl adjacent to an activating group) is 1. The molecule has 2 atom stereocenters. The highest BCUT2D eigenvalue weighted by atomic mass is 16.5. The molecule has 1 fully saturated rings. The van der Waals surface area contributed by atoms with E-state index in [1.54, 1.807) is 14.2 Å². The number of benzene rings is 1. The molecule has 21 heavy (non-hydrogen) atoms. The second-order valence-electron chi connectivity index (χ2n) is 5.72. The van der Waals surface area contributed by atoms with E-state index < -0.39 is 6.04 Å². The molecule has 112 valence electrons. The van der Waals surface area contributed by atoms with Crippen LogP contribution in [0.4, 0.5) is 0 Å². The number of hydrogen-bond acceptors (Lipinski definition) is 4. The summed E-state index contributed by atoms with van der Waals surface area (Å²) in [4.78, 5) is 24.9. The number of nitrogens with zero attached hydrogens (tertiary/aromatic N) is 1. The van der Waals surface area contributed by atoms with E-state index in [-0.39, 0.29) is 24.3 Å². The molecular weight excluding hydrogens is 268 g/mol. The fourth-order valence-corrected chi connectivity index (χ4v) is 3.21. The zero-order valence-corrected chi connectivity index (χ0v) is 12.4. The second kappa shape index (κ2) is 5.48. The number of amides is 2. The van der Waals surface area contributed by atoms with E-state index in [1.807, 2.05) is 12.1 Å². The van der Waals surface area contributed by atoms with Crippen molar-refractivity contribution in [3.8, 4) is 5.75 Å². The molecule has 1 aliphatic heterocycles. The number of carbonyl (C=O) groups excluding carboxylic acids is 2. The van der Waals surface area contributed by atoms with Crippen LogP contribution in [0.5, 0.6) is 5.75 Å². The van der Waals surface area contributed by atoms with Gasteiger partial charge < -0.3 is 4.74 Å². The molecule has 0 spiro atoms. The lowest BCUT2D eigenvalue weighted by atomic mass is 9.87. The molecule has 1 N–H and O–H groups in total.